The van der Waals surface area contributed by atoms with E-state index < -0.39 is 12.0 Å². The van der Waals surface area contributed by atoms with Gasteiger partial charge in [0.25, 0.3) is 0 Å². The summed E-state index contributed by atoms with van der Waals surface area (Å²) >= 11 is 0. The predicted molar refractivity (Wildman–Crippen MR) is 50.0 cm³/mol. The van der Waals surface area contributed by atoms with Crippen molar-refractivity contribution in [2.75, 3.05) is 0 Å². The van der Waals surface area contributed by atoms with Gasteiger partial charge in [0.15, 0.2) is 0 Å². The summed E-state index contributed by atoms with van der Waals surface area (Å²) in [5.74, 6) is 0.586. The van der Waals surface area contributed by atoms with Crippen molar-refractivity contribution in [3.8, 4) is 0 Å². The molecule has 3 N–H and O–H groups in total. The van der Waals surface area contributed by atoms with Crippen molar-refractivity contribution in [3.05, 3.63) is 22.6 Å². The SMILES string of the molecule is Cc1oc2c(c1C(N)C(=O)O)CCC2. The van der Waals surface area contributed by atoms with Crippen LogP contribution in [0.2, 0.25) is 0 Å². The molecule has 4 nitrogen and oxygen atoms in total. The zero-order valence-corrected chi connectivity index (χ0v) is 8.04. The first-order valence-electron chi connectivity index (χ1n) is 4.70. The number of hydrogen-bond acceptors (Lipinski definition) is 3. The second-order valence-corrected chi connectivity index (χ2v) is 3.64. The number of fused-ring (bicyclic) bond motifs is 1. The molecule has 1 heterocycles. The number of aliphatic carboxylic acids is 1. The van der Waals surface area contributed by atoms with Crippen LogP contribution in [0.4, 0.5) is 0 Å². The quantitative estimate of drug-likeness (QED) is 0.742. The Morgan fingerprint density at radius 1 is 1.57 bits per heavy atom. The van der Waals surface area contributed by atoms with Crippen LogP contribution in [0.3, 0.4) is 0 Å². The van der Waals surface area contributed by atoms with E-state index >= 15 is 0 Å². The fourth-order valence-electron chi connectivity index (χ4n) is 2.10. The van der Waals surface area contributed by atoms with Crippen LogP contribution in [-0.2, 0) is 17.6 Å². The van der Waals surface area contributed by atoms with Gasteiger partial charge in [-0.2, -0.15) is 0 Å². The van der Waals surface area contributed by atoms with Crippen LogP contribution in [-0.4, -0.2) is 11.1 Å². The number of aryl methyl sites for hydroxylation is 2. The minimum absolute atomic E-state index is 0.657. The summed E-state index contributed by atoms with van der Waals surface area (Å²) in [6.07, 6.45) is 2.83. The summed E-state index contributed by atoms with van der Waals surface area (Å²) in [6.45, 7) is 1.77. The summed E-state index contributed by atoms with van der Waals surface area (Å²) in [5.41, 5.74) is 7.31. The van der Waals surface area contributed by atoms with E-state index in [-0.39, 0.29) is 0 Å². The van der Waals surface area contributed by atoms with Gasteiger partial charge < -0.3 is 15.3 Å². The van der Waals surface area contributed by atoms with E-state index in [2.05, 4.69) is 0 Å². The number of furan rings is 1. The molecule has 0 aromatic carbocycles. The lowest BCUT2D eigenvalue weighted by molar-refractivity contribution is -0.138. The van der Waals surface area contributed by atoms with Crippen molar-refractivity contribution in [3.63, 3.8) is 0 Å². The number of carbonyl (C=O) groups is 1. The third-order valence-electron chi connectivity index (χ3n) is 2.72. The number of hydrogen-bond donors (Lipinski definition) is 2. The molecule has 4 heteroatoms. The van der Waals surface area contributed by atoms with Gasteiger partial charge in [-0.05, 0) is 25.3 Å². The van der Waals surface area contributed by atoms with Crippen LogP contribution in [0.1, 0.15) is 35.1 Å². The zero-order valence-electron chi connectivity index (χ0n) is 8.04. The van der Waals surface area contributed by atoms with Crippen molar-refractivity contribution < 1.29 is 14.3 Å². The first-order chi connectivity index (χ1) is 6.61. The number of nitrogens with two attached hydrogens (primary N) is 1. The van der Waals surface area contributed by atoms with Crippen molar-refractivity contribution in [1.29, 1.82) is 0 Å². The molecule has 0 spiro atoms. The molecule has 0 amide bonds. The smallest absolute Gasteiger partial charge is 0.325 e. The maximum absolute atomic E-state index is 10.8. The minimum atomic E-state index is -0.997. The third kappa shape index (κ3) is 1.23. The minimum Gasteiger partial charge on any atom is -0.480 e. The maximum Gasteiger partial charge on any atom is 0.325 e. The van der Waals surface area contributed by atoms with Crippen LogP contribution < -0.4 is 5.73 Å². The highest BCUT2D eigenvalue weighted by molar-refractivity contribution is 5.76. The first kappa shape index (κ1) is 9.27. The number of rotatable bonds is 2. The Hall–Kier alpha value is -1.29. The summed E-state index contributed by atoms with van der Waals surface area (Å²) in [5, 5.41) is 8.84. The lowest BCUT2D eigenvalue weighted by Crippen LogP contribution is -2.22. The molecule has 0 fully saturated rings. The molecule has 1 aliphatic carbocycles. The molecule has 0 bridgehead atoms. The van der Waals surface area contributed by atoms with E-state index in [4.69, 9.17) is 15.3 Å². The number of carboxylic acid groups (broad SMARTS) is 1. The number of carboxylic acids is 1. The van der Waals surface area contributed by atoms with E-state index in [0.717, 1.165) is 30.6 Å². The van der Waals surface area contributed by atoms with Gasteiger partial charge in [-0.3, -0.25) is 4.79 Å². The normalized spacial score (nSPS) is 16.7. The fourth-order valence-corrected chi connectivity index (χ4v) is 2.10. The predicted octanol–water partition coefficient (Wildman–Crippen LogP) is 1.16. The molecule has 1 unspecified atom stereocenters. The third-order valence-corrected chi connectivity index (χ3v) is 2.72. The molecule has 0 saturated carbocycles. The Balaban J connectivity index is 2.46. The van der Waals surface area contributed by atoms with Gasteiger partial charge in [0, 0.05) is 12.0 Å². The Bertz CT molecular complexity index is 381. The molecule has 1 atom stereocenters. The van der Waals surface area contributed by atoms with Crippen LogP contribution in [0.5, 0.6) is 0 Å². The van der Waals surface area contributed by atoms with Crippen LogP contribution in [0.25, 0.3) is 0 Å². The van der Waals surface area contributed by atoms with Crippen LogP contribution in [0.15, 0.2) is 4.42 Å². The standard InChI is InChI=1S/C10H13NO3/c1-5-8(9(11)10(12)13)6-3-2-4-7(6)14-5/h9H,2-4,11H2,1H3,(H,12,13). The van der Waals surface area contributed by atoms with E-state index in [1.165, 1.54) is 0 Å². The average Bonchev–Trinajstić information content (AvgIpc) is 2.62. The zero-order chi connectivity index (χ0) is 10.3. The summed E-state index contributed by atoms with van der Waals surface area (Å²) in [7, 11) is 0. The lowest BCUT2D eigenvalue weighted by Gasteiger charge is -2.06. The van der Waals surface area contributed by atoms with Crippen molar-refractivity contribution in [1.82, 2.24) is 0 Å². The fraction of sp³-hybridized carbons (Fsp3) is 0.500. The highest BCUT2D eigenvalue weighted by atomic mass is 16.4. The molecular formula is C10H13NO3. The molecule has 0 saturated heterocycles. The highest BCUT2D eigenvalue weighted by Gasteiger charge is 2.28. The molecule has 1 aromatic heterocycles. The lowest BCUT2D eigenvalue weighted by atomic mass is 10.0. The first-order valence-corrected chi connectivity index (χ1v) is 4.70. The second-order valence-electron chi connectivity index (χ2n) is 3.64. The summed E-state index contributed by atoms with van der Waals surface area (Å²) < 4.78 is 5.49. The molecule has 0 radical (unpaired) electrons. The van der Waals surface area contributed by atoms with Gasteiger partial charge >= 0.3 is 5.97 Å². The van der Waals surface area contributed by atoms with Crippen LogP contribution >= 0.6 is 0 Å². The van der Waals surface area contributed by atoms with E-state index in [9.17, 15) is 4.79 Å². The molecule has 0 aliphatic heterocycles. The molecule has 76 valence electrons. The molecule has 2 rings (SSSR count). The van der Waals surface area contributed by atoms with E-state index in [1.54, 1.807) is 6.92 Å². The Kier molecular flexibility index (Phi) is 2.07. The second kappa shape index (κ2) is 3.13. The Labute approximate surface area is 81.7 Å². The van der Waals surface area contributed by atoms with E-state index in [0.29, 0.717) is 11.3 Å². The topological polar surface area (TPSA) is 76.5 Å². The van der Waals surface area contributed by atoms with Gasteiger partial charge in [-0.25, -0.2) is 0 Å². The largest absolute Gasteiger partial charge is 0.480 e. The van der Waals surface area contributed by atoms with Crippen molar-refractivity contribution >= 4 is 5.97 Å². The highest BCUT2D eigenvalue weighted by Crippen LogP contribution is 2.33. The van der Waals surface area contributed by atoms with E-state index in [1.807, 2.05) is 0 Å². The van der Waals surface area contributed by atoms with Gasteiger partial charge in [-0.15, -0.1) is 0 Å². The maximum atomic E-state index is 10.8. The summed E-state index contributed by atoms with van der Waals surface area (Å²) in [6, 6.07) is -0.944. The Morgan fingerprint density at radius 2 is 2.29 bits per heavy atom. The van der Waals surface area contributed by atoms with Gasteiger partial charge in [0.05, 0.1) is 0 Å². The molecular weight excluding hydrogens is 182 g/mol. The summed E-state index contributed by atoms with van der Waals surface area (Å²) in [4.78, 5) is 10.8. The molecule has 1 aliphatic rings. The van der Waals surface area contributed by atoms with Crippen molar-refractivity contribution in [2.45, 2.75) is 32.2 Å². The molecule has 1 aromatic rings. The van der Waals surface area contributed by atoms with Crippen molar-refractivity contribution in [2.24, 2.45) is 5.73 Å². The monoisotopic (exact) mass is 195 g/mol. The van der Waals surface area contributed by atoms with Crippen LogP contribution in [0, 0.1) is 6.92 Å². The van der Waals surface area contributed by atoms with Gasteiger partial charge in [-0.1, -0.05) is 0 Å². The molecule has 14 heavy (non-hydrogen) atoms. The van der Waals surface area contributed by atoms with Gasteiger partial charge in [0.1, 0.15) is 17.6 Å². The Morgan fingerprint density at radius 3 is 2.93 bits per heavy atom. The average molecular weight is 195 g/mol. The van der Waals surface area contributed by atoms with Gasteiger partial charge in [0.2, 0.25) is 0 Å².